The molecule has 3 N–H and O–H groups in total. The van der Waals surface area contributed by atoms with E-state index in [1.165, 1.54) is 18.3 Å². The van der Waals surface area contributed by atoms with Crippen molar-refractivity contribution in [3.63, 3.8) is 0 Å². The van der Waals surface area contributed by atoms with Gasteiger partial charge in [-0.15, -0.1) is 0 Å². The van der Waals surface area contributed by atoms with Crippen LogP contribution in [0.2, 0.25) is 0 Å². The molecule has 0 radical (unpaired) electrons. The smallest absolute Gasteiger partial charge is 0.201 e. The van der Waals surface area contributed by atoms with Gasteiger partial charge in [-0.3, -0.25) is 0 Å². The molecule has 2 aliphatic rings. The van der Waals surface area contributed by atoms with E-state index in [9.17, 15) is 8.78 Å². The van der Waals surface area contributed by atoms with Gasteiger partial charge in [-0.25, -0.2) is 4.39 Å². The number of fused-ring (bicyclic) bond motifs is 1. The van der Waals surface area contributed by atoms with E-state index in [0.717, 1.165) is 56.1 Å². The zero-order valence-electron chi connectivity index (χ0n) is 18.6. The number of hydrogen-bond donors (Lipinski definition) is 3. The van der Waals surface area contributed by atoms with Crippen LogP contribution in [-0.4, -0.2) is 38.4 Å². The monoisotopic (exact) mass is 440 g/mol. The first-order chi connectivity index (χ1) is 15.5. The van der Waals surface area contributed by atoms with Gasteiger partial charge in [0.15, 0.2) is 11.6 Å². The van der Waals surface area contributed by atoms with Gasteiger partial charge in [0, 0.05) is 53.9 Å². The number of anilines is 1. The van der Waals surface area contributed by atoms with Crippen LogP contribution in [-0.2, 0) is 6.42 Å². The minimum absolute atomic E-state index is 0.156. The van der Waals surface area contributed by atoms with Crippen molar-refractivity contribution in [3.05, 3.63) is 59.3 Å². The standard InChI is InChI=1S/C25H30F2N4O/c1-16-6-7-20-22(31(16)2)9-8-19(17(14-28)15-30-18-10-12-29-13-11-18)25(20)32-23-5-3-4-21(26)24(23)27/h3-5,8-9,14-16,18,28-30H,6-7,10-13H2,1-2H3/b17-15+,28-14?. The second-order valence-corrected chi connectivity index (χ2v) is 8.53. The lowest BCUT2D eigenvalue weighted by atomic mass is 9.92. The average molecular weight is 441 g/mol. The van der Waals surface area contributed by atoms with E-state index < -0.39 is 11.6 Å². The van der Waals surface area contributed by atoms with Crippen molar-refractivity contribution in [1.82, 2.24) is 10.6 Å². The molecule has 2 aromatic carbocycles. The molecule has 2 aromatic rings. The Balaban J connectivity index is 1.77. The molecule has 1 saturated heterocycles. The van der Waals surface area contributed by atoms with Crippen LogP contribution in [0, 0.1) is 17.0 Å². The second kappa shape index (κ2) is 9.69. The van der Waals surface area contributed by atoms with Crippen LogP contribution in [0.5, 0.6) is 11.5 Å². The van der Waals surface area contributed by atoms with Gasteiger partial charge in [0.2, 0.25) is 5.82 Å². The van der Waals surface area contributed by atoms with Crippen molar-refractivity contribution in [2.75, 3.05) is 25.0 Å². The second-order valence-electron chi connectivity index (χ2n) is 8.53. The van der Waals surface area contributed by atoms with Crippen molar-refractivity contribution < 1.29 is 13.5 Å². The van der Waals surface area contributed by atoms with E-state index in [1.807, 2.05) is 25.4 Å². The molecular formula is C25H30F2N4O. The maximum Gasteiger partial charge on any atom is 0.201 e. The molecule has 2 heterocycles. The normalized spacial score (nSPS) is 19.4. The van der Waals surface area contributed by atoms with Crippen LogP contribution in [0.25, 0.3) is 5.57 Å². The maximum absolute atomic E-state index is 14.5. The largest absolute Gasteiger partial charge is 0.453 e. The molecule has 0 saturated carbocycles. The first-order valence-electron chi connectivity index (χ1n) is 11.2. The SMILES string of the molecule is CC1CCc2c(ccc(/C(C=N)=C/NC3CCNCC3)c2Oc2cccc(F)c2F)N1C. The fourth-order valence-corrected chi connectivity index (χ4v) is 4.38. The van der Waals surface area contributed by atoms with Crippen molar-refractivity contribution in [3.8, 4) is 11.5 Å². The van der Waals surface area contributed by atoms with Crippen molar-refractivity contribution in [2.45, 2.75) is 44.7 Å². The molecule has 0 aliphatic carbocycles. The Morgan fingerprint density at radius 2 is 1.97 bits per heavy atom. The average Bonchev–Trinajstić information content (AvgIpc) is 2.81. The van der Waals surface area contributed by atoms with Crippen LogP contribution >= 0.6 is 0 Å². The fraction of sp³-hybridized carbons (Fsp3) is 0.400. The van der Waals surface area contributed by atoms with Crippen molar-refractivity contribution >= 4 is 17.5 Å². The molecule has 4 rings (SSSR count). The third-order valence-electron chi connectivity index (χ3n) is 6.50. The number of piperidine rings is 1. The van der Waals surface area contributed by atoms with E-state index in [0.29, 0.717) is 29.0 Å². The van der Waals surface area contributed by atoms with Gasteiger partial charge in [-0.1, -0.05) is 6.07 Å². The fourth-order valence-electron chi connectivity index (χ4n) is 4.38. The predicted octanol–water partition coefficient (Wildman–Crippen LogP) is 4.86. The topological polar surface area (TPSA) is 60.4 Å². The third kappa shape index (κ3) is 4.48. The summed E-state index contributed by atoms with van der Waals surface area (Å²) in [4.78, 5) is 2.18. The number of nitrogens with zero attached hydrogens (tertiary/aromatic N) is 1. The van der Waals surface area contributed by atoms with E-state index in [1.54, 1.807) is 0 Å². The summed E-state index contributed by atoms with van der Waals surface area (Å²) in [6.45, 7) is 4.08. The van der Waals surface area contributed by atoms with Crippen molar-refractivity contribution in [2.24, 2.45) is 0 Å². The summed E-state index contributed by atoms with van der Waals surface area (Å²) in [5, 5.41) is 14.8. The molecule has 32 heavy (non-hydrogen) atoms. The first-order valence-corrected chi connectivity index (χ1v) is 11.2. The Labute approximate surface area is 188 Å². The van der Waals surface area contributed by atoms with Gasteiger partial charge < -0.3 is 25.7 Å². The molecule has 0 amide bonds. The van der Waals surface area contributed by atoms with Crippen molar-refractivity contribution in [1.29, 1.82) is 5.41 Å². The van der Waals surface area contributed by atoms with E-state index in [-0.39, 0.29) is 5.75 Å². The molecule has 170 valence electrons. The Morgan fingerprint density at radius 3 is 2.72 bits per heavy atom. The molecule has 5 nitrogen and oxygen atoms in total. The van der Waals surface area contributed by atoms with Gasteiger partial charge in [0.25, 0.3) is 0 Å². The quantitative estimate of drug-likeness (QED) is 0.562. The molecule has 0 spiro atoms. The molecular weight excluding hydrogens is 410 g/mol. The highest BCUT2D eigenvalue weighted by Crippen LogP contribution is 2.42. The molecule has 2 aliphatic heterocycles. The lowest BCUT2D eigenvalue weighted by Crippen LogP contribution is -2.37. The van der Waals surface area contributed by atoms with Crippen LogP contribution < -0.4 is 20.3 Å². The van der Waals surface area contributed by atoms with Gasteiger partial charge in [0.1, 0.15) is 5.75 Å². The molecule has 1 unspecified atom stereocenters. The highest BCUT2D eigenvalue weighted by atomic mass is 19.2. The minimum atomic E-state index is -1.01. The summed E-state index contributed by atoms with van der Waals surface area (Å²) in [6, 6.07) is 8.57. The molecule has 0 aromatic heterocycles. The number of allylic oxidation sites excluding steroid dienone is 1. The Hall–Kier alpha value is -2.93. The molecule has 0 bridgehead atoms. The Bertz CT molecular complexity index is 1020. The van der Waals surface area contributed by atoms with Crippen LogP contribution in [0.15, 0.2) is 36.5 Å². The zero-order chi connectivity index (χ0) is 22.7. The van der Waals surface area contributed by atoms with E-state index in [2.05, 4.69) is 22.5 Å². The lowest BCUT2D eigenvalue weighted by molar-refractivity contribution is 0.409. The van der Waals surface area contributed by atoms with E-state index >= 15 is 0 Å². The summed E-state index contributed by atoms with van der Waals surface area (Å²) in [5.74, 6) is -1.64. The first kappa shape index (κ1) is 22.3. The predicted molar refractivity (Wildman–Crippen MR) is 125 cm³/mol. The highest BCUT2D eigenvalue weighted by Gasteiger charge is 2.27. The minimum Gasteiger partial charge on any atom is -0.453 e. The van der Waals surface area contributed by atoms with Gasteiger partial charge in [0.05, 0.1) is 0 Å². The molecule has 1 fully saturated rings. The van der Waals surface area contributed by atoms with Gasteiger partial charge in [-0.05, 0) is 70.0 Å². The van der Waals surface area contributed by atoms with Gasteiger partial charge >= 0.3 is 0 Å². The van der Waals surface area contributed by atoms with Crippen LogP contribution in [0.1, 0.15) is 37.3 Å². The number of ether oxygens (including phenoxy) is 1. The summed E-state index contributed by atoms with van der Waals surface area (Å²) in [6.07, 6.45) is 6.81. The highest BCUT2D eigenvalue weighted by molar-refractivity contribution is 6.09. The number of hydrogen-bond acceptors (Lipinski definition) is 5. The Morgan fingerprint density at radius 1 is 1.19 bits per heavy atom. The van der Waals surface area contributed by atoms with E-state index in [4.69, 9.17) is 10.1 Å². The maximum atomic E-state index is 14.5. The summed E-state index contributed by atoms with van der Waals surface area (Å²) >= 11 is 0. The lowest BCUT2D eigenvalue weighted by Gasteiger charge is -2.35. The van der Waals surface area contributed by atoms with Crippen LogP contribution in [0.4, 0.5) is 14.5 Å². The van der Waals surface area contributed by atoms with Crippen LogP contribution in [0.3, 0.4) is 0 Å². The number of halogens is 2. The number of rotatable bonds is 6. The molecule has 1 atom stereocenters. The zero-order valence-corrected chi connectivity index (χ0v) is 18.6. The summed E-state index contributed by atoms with van der Waals surface area (Å²) in [7, 11) is 2.03. The third-order valence-corrected chi connectivity index (χ3v) is 6.50. The number of benzene rings is 2. The number of nitrogens with one attached hydrogen (secondary N) is 3. The van der Waals surface area contributed by atoms with Gasteiger partial charge in [-0.2, -0.15) is 4.39 Å². The molecule has 7 heteroatoms. The summed E-state index contributed by atoms with van der Waals surface area (Å²) < 4.78 is 34.4. The Kier molecular flexibility index (Phi) is 6.74. The summed E-state index contributed by atoms with van der Waals surface area (Å²) in [5.41, 5.74) is 3.28.